The zero-order chi connectivity index (χ0) is 19.4. The molecule has 2 aromatic heterocycles. The molecule has 1 amide bonds. The second-order valence-corrected chi connectivity index (χ2v) is 7.45. The van der Waals surface area contributed by atoms with E-state index in [1.165, 1.54) is 11.8 Å². The fourth-order valence-corrected chi connectivity index (χ4v) is 3.78. The highest BCUT2D eigenvalue weighted by Gasteiger charge is 2.18. The van der Waals surface area contributed by atoms with E-state index in [2.05, 4.69) is 15.5 Å². The molecule has 2 heterocycles. The number of carbonyl (C=O) groups excluding carboxylic acids is 1. The Morgan fingerprint density at radius 1 is 1.37 bits per heavy atom. The highest BCUT2D eigenvalue weighted by Crippen LogP contribution is 2.27. The van der Waals surface area contributed by atoms with Crippen LogP contribution in [0.4, 0.5) is 0 Å². The van der Waals surface area contributed by atoms with Crippen molar-refractivity contribution in [3.8, 4) is 11.4 Å². The number of benzene rings is 1. The molecule has 0 aliphatic heterocycles. The van der Waals surface area contributed by atoms with E-state index in [0.717, 1.165) is 22.7 Å². The molecule has 0 spiro atoms. The summed E-state index contributed by atoms with van der Waals surface area (Å²) in [5.41, 5.74) is 1.88. The van der Waals surface area contributed by atoms with Gasteiger partial charge < -0.3 is 14.3 Å². The number of nitrogens with one attached hydrogen (secondary N) is 1. The number of furan rings is 1. The smallest absolute Gasteiger partial charge is 0.230 e. The Kier molecular flexibility index (Phi) is 6.23. The van der Waals surface area contributed by atoms with Gasteiger partial charge >= 0.3 is 0 Å². The molecule has 0 saturated carbocycles. The van der Waals surface area contributed by atoms with E-state index in [-0.39, 0.29) is 17.7 Å². The Hall–Kier alpha value is -2.25. The number of carbonyl (C=O) groups is 1. The summed E-state index contributed by atoms with van der Waals surface area (Å²) < 4.78 is 7.34. The lowest BCUT2D eigenvalue weighted by molar-refractivity contribution is -0.119. The number of hydrogen-bond acceptors (Lipinski definition) is 5. The average Bonchev–Trinajstić information content (AvgIpc) is 3.25. The maximum absolute atomic E-state index is 12.3. The van der Waals surface area contributed by atoms with Crippen LogP contribution in [0.25, 0.3) is 11.4 Å². The molecule has 3 rings (SSSR count). The molecule has 0 fully saturated rings. The fraction of sp³-hybridized carbons (Fsp3) is 0.316. The van der Waals surface area contributed by atoms with E-state index in [9.17, 15) is 4.79 Å². The van der Waals surface area contributed by atoms with E-state index in [1.807, 2.05) is 55.7 Å². The number of halogens is 1. The van der Waals surface area contributed by atoms with Crippen molar-refractivity contribution in [2.24, 2.45) is 0 Å². The summed E-state index contributed by atoms with van der Waals surface area (Å²) in [6.45, 7) is 6.55. The average molecular weight is 405 g/mol. The van der Waals surface area contributed by atoms with Gasteiger partial charge in [-0.1, -0.05) is 35.5 Å². The van der Waals surface area contributed by atoms with Crippen LogP contribution in [0.2, 0.25) is 5.02 Å². The van der Waals surface area contributed by atoms with E-state index in [0.29, 0.717) is 16.7 Å². The first-order chi connectivity index (χ1) is 13.0. The van der Waals surface area contributed by atoms with E-state index in [1.54, 1.807) is 6.26 Å². The number of aryl methyl sites for hydroxylation is 1. The third-order valence-corrected chi connectivity index (χ3v) is 5.39. The number of hydrogen-bond donors (Lipinski definition) is 1. The number of amides is 1. The van der Waals surface area contributed by atoms with Gasteiger partial charge in [0.1, 0.15) is 5.76 Å². The lowest BCUT2D eigenvalue weighted by Crippen LogP contribution is -2.28. The Morgan fingerprint density at radius 3 is 2.85 bits per heavy atom. The molecule has 1 N–H and O–H groups in total. The molecular formula is C19H21ClN4O2S. The van der Waals surface area contributed by atoms with E-state index >= 15 is 0 Å². The molecule has 0 radical (unpaired) electrons. The quantitative estimate of drug-likeness (QED) is 0.587. The van der Waals surface area contributed by atoms with Crippen molar-refractivity contribution in [2.45, 2.75) is 38.5 Å². The summed E-state index contributed by atoms with van der Waals surface area (Å²) in [6, 6.07) is 9.23. The number of thioether (sulfide) groups is 1. The van der Waals surface area contributed by atoms with Crippen molar-refractivity contribution in [3.05, 3.63) is 52.9 Å². The van der Waals surface area contributed by atoms with Gasteiger partial charge in [-0.2, -0.15) is 0 Å². The summed E-state index contributed by atoms with van der Waals surface area (Å²) in [6.07, 6.45) is 1.64. The van der Waals surface area contributed by atoms with Crippen molar-refractivity contribution < 1.29 is 9.21 Å². The van der Waals surface area contributed by atoms with Gasteiger partial charge in [-0.05, 0) is 44.5 Å². The maximum Gasteiger partial charge on any atom is 0.230 e. The molecule has 1 atom stereocenters. The fourth-order valence-electron chi connectivity index (χ4n) is 2.77. The number of aromatic nitrogens is 3. The molecule has 0 bridgehead atoms. The van der Waals surface area contributed by atoms with Crippen LogP contribution in [0.1, 0.15) is 31.2 Å². The van der Waals surface area contributed by atoms with Crippen LogP contribution in [0.15, 0.2) is 46.2 Å². The Bertz CT molecular complexity index is 937. The van der Waals surface area contributed by atoms with Gasteiger partial charge in [0.2, 0.25) is 5.91 Å². The molecular weight excluding hydrogens is 384 g/mol. The minimum absolute atomic E-state index is 0.0702. The van der Waals surface area contributed by atoms with Crippen LogP contribution < -0.4 is 5.32 Å². The molecule has 3 aromatic rings. The molecule has 0 saturated heterocycles. The molecule has 0 aliphatic rings. The van der Waals surface area contributed by atoms with Crippen LogP contribution in [0.3, 0.4) is 0 Å². The second-order valence-electron chi connectivity index (χ2n) is 6.07. The maximum atomic E-state index is 12.3. The highest BCUT2D eigenvalue weighted by molar-refractivity contribution is 7.99. The van der Waals surface area contributed by atoms with Crippen molar-refractivity contribution >= 4 is 29.3 Å². The SMILES string of the molecule is CCn1c(SCC(=O)N[C@@H](C)c2cccc(Cl)c2)nnc1-c1ccoc1C. The molecule has 8 heteroatoms. The first-order valence-electron chi connectivity index (χ1n) is 8.65. The highest BCUT2D eigenvalue weighted by atomic mass is 35.5. The van der Waals surface area contributed by atoms with Crippen molar-refractivity contribution in [2.75, 3.05) is 5.75 Å². The Morgan fingerprint density at radius 2 is 2.19 bits per heavy atom. The predicted molar refractivity (Wildman–Crippen MR) is 107 cm³/mol. The standard InChI is InChI=1S/C19H21ClN4O2S/c1-4-24-18(16-8-9-26-13(16)3)22-23-19(24)27-11-17(25)21-12(2)14-6-5-7-15(20)10-14/h5-10,12H,4,11H2,1-3H3,(H,21,25)/t12-/m0/s1. The Balaban J connectivity index is 1.64. The monoisotopic (exact) mass is 404 g/mol. The number of rotatable bonds is 7. The number of nitrogens with zero attached hydrogens (tertiary/aromatic N) is 3. The molecule has 142 valence electrons. The first kappa shape index (κ1) is 19.5. The summed E-state index contributed by atoms with van der Waals surface area (Å²) >= 11 is 7.38. The van der Waals surface area contributed by atoms with Gasteiger partial charge in [0, 0.05) is 11.6 Å². The largest absolute Gasteiger partial charge is 0.469 e. The van der Waals surface area contributed by atoms with E-state index < -0.39 is 0 Å². The van der Waals surface area contributed by atoms with Gasteiger partial charge in [0.15, 0.2) is 11.0 Å². The topological polar surface area (TPSA) is 73.0 Å². The molecule has 0 aliphatic carbocycles. The lowest BCUT2D eigenvalue weighted by atomic mass is 10.1. The van der Waals surface area contributed by atoms with Crippen molar-refractivity contribution in [3.63, 3.8) is 0 Å². The zero-order valence-corrected chi connectivity index (χ0v) is 17.0. The summed E-state index contributed by atoms with van der Waals surface area (Å²) in [7, 11) is 0. The van der Waals surface area contributed by atoms with Gasteiger partial charge in [-0.25, -0.2) is 0 Å². The first-order valence-corrected chi connectivity index (χ1v) is 10.0. The predicted octanol–water partition coefficient (Wildman–Crippen LogP) is 4.49. The van der Waals surface area contributed by atoms with Crippen LogP contribution >= 0.6 is 23.4 Å². The summed E-state index contributed by atoms with van der Waals surface area (Å²) in [4.78, 5) is 12.3. The van der Waals surface area contributed by atoms with Gasteiger partial charge in [-0.3, -0.25) is 4.79 Å². The van der Waals surface area contributed by atoms with Crippen molar-refractivity contribution in [1.82, 2.24) is 20.1 Å². The third kappa shape index (κ3) is 4.54. The normalized spacial score (nSPS) is 12.1. The minimum atomic E-state index is -0.120. The molecule has 27 heavy (non-hydrogen) atoms. The van der Waals surface area contributed by atoms with Crippen LogP contribution in [0.5, 0.6) is 0 Å². The lowest BCUT2D eigenvalue weighted by Gasteiger charge is -2.14. The zero-order valence-electron chi connectivity index (χ0n) is 15.4. The second kappa shape index (κ2) is 8.63. The molecule has 6 nitrogen and oxygen atoms in total. The minimum Gasteiger partial charge on any atom is -0.469 e. The van der Waals surface area contributed by atoms with Crippen LogP contribution in [-0.2, 0) is 11.3 Å². The van der Waals surface area contributed by atoms with Gasteiger partial charge in [0.05, 0.1) is 23.6 Å². The van der Waals surface area contributed by atoms with Gasteiger partial charge in [0.25, 0.3) is 0 Å². The van der Waals surface area contributed by atoms with Gasteiger partial charge in [-0.15, -0.1) is 10.2 Å². The Labute approximate surface area is 167 Å². The van der Waals surface area contributed by atoms with Crippen molar-refractivity contribution in [1.29, 1.82) is 0 Å². The third-order valence-electron chi connectivity index (χ3n) is 4.19. The molecule has 1 aromatic carbocycles. The van der Waals surface area contributed by atoms with E-state index in [4.69, 9.17) is 16.0 Å². The molecule has 0 unspecified atom stereocenters. The summed E-state index contributed by atoms with van der Waals surface area (Å²) in [5.74, 6) is 1.73. The van der Waals surface area contributed by atoms with Crippen LogP contribution in [0, 0.1) is 6.92 Å². The van der Waals surface area contributed by atoms with Crippen LogP contribution in [-0.4, -0.2) is 26.4 Å². The summed E-state index contributed by atoms with van der Waals surface area (Å²) in [5, 5.41) is 12.9.